The van der Waals surface area contributed by atoms with E-state index in [-0.39, 0.29) is 0 Å². The van der Waals surface area contributed by atoms with E-state index in [0.717, 1.165) is 0 Å². The molecule has 2 rings (SSSR count). The van der Waals surface area contributed by atoms with Gasteiger partial charge in [-0.3, -0.25) is 0 Å². The molecule has 1 aromatic rings. The van der Waals surface area contributed by atoms with Crippen LogP contribution in [0.15, 0.2) is 30.3 Å². The number of carbonyl (C=O) groups excluding carboxylic acids is 1. The molecule has 6 atom stereocenters. The van der Waals surface area contributed by atoms with Crippen molar-refractivity contribution in [3.05, 3.63) is 35.9 Å². The third-order valence-corrected chi connectivity index (χ3v) is 3.68. The molecule has 0 aliphatic carbocycles. The normalized spacial score (nSPS) is 29.8. The number of carboxylic acid groups (broad SMARTS) is 1. The predicted octanol–water partition coefficient (Wildman–Crippen LogP) is -1.89. The number of hydrogen-bond acceptors (Lipinski definition) is 9. The average molecular weight is 372 g/mol. The highest BCUT2D eigenvalue weighted by atomic mass is 16.7. The molecule has 0 radical (unpaired) electrons. The summed E-state index contributed by atoms with van der Waals surface area (Å²) < 4.78 is 14.8. The van der Waals surface area contributed by atoms with Crippen LogP contribution in [0.3, 0.4) is 0 Å². The van der Waals surface area contributed by atoms with E-state index in [4.69, 9.17) is 19.3 Å². The van der Waals surface area contributed by atoms with Crippen molar-refractivity contribution in [1.29, 1.82) is 0 Å². The number of carboxylic acids is 1. The first-order valence-electron chi connectivity index (χ1n) is 7.75. The van der Waals surface area contributed by atoms with Gasteiger partial charge >= 0.3 is 11.9 Å². The first-order valence-corrected chi connectivity index (χ1v) is 7.75. The standard InChI is InChI=1S/C16H20O10/c17-9(6-24-15(23)8-4-2-1-3-5-8)7-25-16-12(20)10(18)11(19)13(26-16)14(21)22/h1-5,9-13,16-20H,6-7H2,(H,21,22)/t9-,10+,11+,12-,13+,16-/m1/s1. The van der Waals surface area contributed by atoms with E-state index in [1.807, 2.05) is 0 Å². The highest BCUT2D eigenvalue weighted by Crippen LogP contribution is 2.22. The predicted molar refractivity (Wildman–Crippen MR) is 83.0 cm³/mol. The Morgan fingerprint density at radius 1 is 1.04 bits per heavy atom. The Labute approximate surface area is 148 Å². The Kier molecular flexibility index (Phi) is 7.03. The smallest absolute Gasteiger partial charge is 0.338 e. The lowest BCUT2D eigenvalue weighted by Crippen LogP contribution is -2.60. The molecule has 0 unspecified atom stereocenters. The van der Waals surface area contributed by atoms with Crippen molar-refractivity contribution in [2.75, 3.05) is 13.2 Å². The number of ether oxygens (including phenoxy) is 3. The van der Waals surface area contributed by atoms with Gasteiger partial charge in [0.1, 0.15) is 31.0 Å². The van der Waals surface area contributed by atoms with Crippen molar-refractivity contribution in [3.8, 4) is 0 Å². The second-order valence-corrected chi connectivity index (χ2v) is 5.69. The summed E-state index contributed by atoms with van der Waals surface area (Å²) in [6.07, 6.45) is -10.0. The van der Waals surface area contributed by atoms with Crippen molar-refractivity contribution >= 4 is 11.9 Å². The molecular formula is C16H20O10. The molecule has 0 spiro atoms. The number of benzene rings is 1. The first-order chi connectivity index (χ1) is 12.3. The maximum absolute atomic E-state index is 11.7. The molecule has 144 valence electrons. The van der Waals surface area contributed by atoms with Crippen LogP contribution in [-0.4, -0.2) is 87.5 Å². The largest absolute Gasteiger partial charge is 0.479 e. The van der Waals surface area contributed by atoms with Crippen LogP contribution >= 0.6 is 0 Å². The molecule has 1 heterocycles. The molecule has 1 fully saturated rings. The van der Waals surface area contributed by atoms with Crippen LogP contribution < -0.4 is 0 Å². The Morgan fingerprint density at radius 2 is 1.69 bits per heavy atom. The van der Waals surface area contributed by atoms with Gasteiger partial charge in [0, 0.05) is 0 Å². The van der Waals surface area contributed by atoms with Crippen molar-refractivity contribution in [1.82, 2.24) is 0 Å². The first kappa shape index (κ1) is 20.2. The zero-order chi connectivity index (χ0) is 19.3. The van der Waals surface area contributed by atoms with Gasteiger partial charge in [0.05, 0.1) is 12.2 Å². The maximum atomic E-state index is 11.7. The summed E-state index contributed by atoms with van der Waals surface area (Å²) in [4.78, 5) is 22.7. The summed E-state index contributed by atoms with van der Waals surface area (Å²) in [6.45, 7) is -0.886. The van der Waals surface area contributed by atoms with Gasteiger partial charge < -0.3 is 39.7 Å². The second kappa shape index (κ2) is 9.03. The molecule has 1 aromatic carbocycles. The number of esters is 1. The molecule has 1 aliphatic heterocycles. The van der Waals surface area contributed by atoms with Crippen LogP contribution in [0.1, 0.15) is 10.4 Å². The highest BCUT2D eigenvalue weighted by molar-refractivity contribution is 5.89. The van der Waals surface area contributed by atoms with Crippen molar-refractivity contribution in [3.63, 3.8) is 0 Å². The van der Waals surface area contributed by atoms with Gasteiger partial charge in [-0.2, -0.15) is 0 Å². The molecule has 0 aromatic heterocycles. The Morgan fingerprint density at radius 3 is 2.31 bits per heavy atom. The van der Waals surface area contributed by atoms with E-state index in [1.54, 1.807) is 18.2 Å². The molecule has 0 bridgehead atoms. The van der Waals surface area contributed by atoms with E-state index in [9.17, 15) is 30.0 Å². The van der Waals surface area contributed by atoms with Crippen LogP contribution in [-0.2, 0) is 19.0 Å². The molecule has 10 heteroatoms. The molecule has 0 saturated carbocycles. The zero-order valence-electron chi connectivity index (χ0n) is 13.5. The minimum Gasteiger partial charge on any atom is -0.479 e. The van der Waals surface area contributed by atoms with Crippen LogP contribution in [0.5, 0.6) is 0 Å². The van der Waals surface area contributed by atoms with Crippen molar-refractivity contribution < 1.29 is 49.3 Å². The van der Waals surface area contributed by atoms with Gasteiger partial charge in [0.2, 0.25) is 0 Å². The molecular weight excluding hydrogens is 352 g/mol. The van der Waals surface area contributed by atoms with Crippen LogP contribution in [0.25, 0.3) is 0 Å². The van der Waals surface area contributed by atoms with Crippen LogP contribution in [0.2, 0.25) is 0 Å². The van der Waals surface area contributed by atoms with Gasteiger partial charge in [-0.1, -0.05) is 18.2 Å². The topological polar surface area (TPSA) is 163 Å². The second-order valence-electron chi connectivity index (χ2n) is 5.69. The molecule has 10 nitrogen and oxygen atoms in total. The third-order valence-electron chi connectivity index (χ3n) is 3.68. The number of aliphatic carboxylic acids is 1. The minimum absolute atomic E-state index is 0.299. The third kappa shape index (κ3) is 4.97. The Hall–Kier alpha value is -2.08. The van der Waals surface area contributed by atoms with Gasteiger partial charge in [0.15, 0.2) is 12.4 Å². The van der Waals surface area contributed by atoms with Gasteiger partial charge in [-0.05, 0) is 12.1 Å². The monoisotopic (exact) mass is 372 g/mol. The molecule has 0 amide bonds. The quantitative estimate of drug-likeness (QED) is 0.342. The highest BCUT2D eigenvalue weighted by Gasteiger charge is 2.47. The summed E-state index contributed by atoms with van der Waals surface area (Å²) in [6, 6.07) is 8.10. The van der Waals surface area contributed by atoms with Crippen molar-refractivity contribution in [2.24, 2.45) is 0 Å². The number of hydrogen-bond donors (Lipinski definition) is 5. The molecule has 26 heavy (non-hydrogen) atoms. The van der Waals surface area contributed by atoms with E-state index >= 15 is 0 Å². The number of aliphatic hydroxyl groups is 4. The number of aliphatic hydroxyl groups excluding tert-OH is 4. The summed E-state index contributed by atoms with van der Waals surface area (Å²) >= 11 is 0. The summed E-state index contributed by atoms with van der Waals surface area (Å²) in [7, 11) is 0. The average Bonchev–Trinajstić information content (AvgIpc) is 2.64. The number of rotatable bonds is 7. The fourth-order valence-electron chi connectivity index (χ4n) is 2.27. The van der Waals surface area contributed by atoms with E-state index in [0.29, 0.717) is 5.56 Å². The van der Waals surface area contributed by atoms with Crippen LogP contribution in [0, 0.1) is 0 Å². The lowest BCUT2D eigenvalue weighted by molar-refractivity contribution is -0.297. The minimum atomic E-state index is -1.83. The van der Waals surface area contributed by atoms with E-state index < -0.39 is 62.0 Å². The summed E-state index contributed by atoms with van der Waals surface area (Å²) in [5, 5.41) is 47.7. The van der Waals surface area contributed by atoms with E-state index in [1.165, 1.54) is 12.1 Å². The Bertz CT molecular complexity index is 606. The summed E-state index contributed by atoms with van der Waals surface area (Å²) in [5.74, 6) is -2.20. The SMILES string of the molecule is O=C(OC[C@@H](O)CO[C@@H]1O[C@H](C(=O)O)[C@@H](O)[C@H](O)[C@H]1O)c1ccccc1. The maximum Gasteiger partial charge on any atom is 0.338 e. The fraction of sp³-hybridized carbons (Fsp3) is 0.500. The number of carbonyl (C=O) groups is 2. The Balaban J connectivity index is 1.81. The fourth-order valence-corrected chi connectivity index (χ4v) is 2.27. The lowest BCUT2D eigenvalue weighted by Gasteiger charge is -2.38. The zero-order valence-corrected chi connectivity index (χ0v) is 13.5. The van der Waals surface area contributed by atoms with Gasteiger partial charge in [-0.15, -0.1) is 0 Å². The van der Waals surface area contributed by atoms with E-state index in [2.05, 4.69) is 0 Å². The molecule has 1 aliphatic rings. The molecule has 5 N–H and O–H groups in total. The lowest BCUT2D eigenvalue weighted by atomic mass is 9.99. The molecule has 1 saturated heterocycles. The van der Waals surface area contributed by atoms with Gasteiger partial charge in [-0.25, -0.2) is 9.59 Å². The van der Waals surface area contributed by atoms with Gasteiger partial charge in [0.25, 0.3) is 0 Å². The summed E-state index contributed by atoms with van der Waals surface area (Å²) in [5.41, 5.74) is 0.299. The van der Waals surface area contributed by atoms with Crippen molar-refractivity contribution in [2.45, 2.75) is 36.8 Å². The van der Waals surface area contributed by atoms with Crippen LogP contribution in [0.4, 0.5) is 0 Å².